The lowest BCUT2D eigenvalue weighted by Gasteiger charge is -2.28. The standard InChI is InChI=1S/C20H26N2O2/c23-19(18-9-4-12-22(18)20(24)15-10-11-15)21-13-16-7-3-6-14-5-1-2-8-17(14)16/h1-2,5,8,15-16,18H,3-4,6-7,9-13H2,(H,21,23)/t16-,18-/m0/s1. The summed E-state index contributed by atoms with van der Waals surface area (Å²) in [7, 11) is 0. The van der Waals surface area contributed by atoms with E-state index >= 15 is 0 Å². The summed E-state index contributed by atoms with van der Waals surface area (Å²) in [6, 6.07) is 8.35. The number of aryl methyl sites for hydroxylation is 1. The molecule has 4 nitrogen and oxygen atoms in total. The Morgan fingerprint density at radius 2 is 1.92 bits per heavy atom. The Balaban J connectivity index is 1.37. The molecule has 2 atom stereocenters. The number of nitrogens with one attached hydrogen (secondary N) is 1. The van der Waals surface area contributed by atoms with Gasteiger partial charge in [0.1, 0.15) is 6.04 Å². The van der Waals surface area contributed by atoms with Crippen molar-refractivity contribution in [2.24, 2.45) is 5.92 Å². The van der Waals surface area contributed by atoms with E-state index in [1.54, 1.807) is 0 Å². The van der Waals surface area contributed by atoms with Gasteiger partial charge in [0.15, 0.2) is 0 Å². The highest BCUT2D eigenvalue weighted by atomic mass is 16.2. The summed E-state index contributed by atoms with van der Waals surface area (Å²) in [6.07, 6.45) is 7.23. The average molecular weight is 326 g/mol. The second kappa shape index (κ2) is 6.58. The molecule has 1 heterocycles. The van der Waals surface area contributed by atoms with Gasteiger partial charge >= 0.3 is 0 Å². The Hall–Kier alpha value is -1.84. The highest BCUT2D eigenvalue weighted by Gasteiger charge is 2.40. The number of hydrogen-bond acceptors (Lipinski definition) is 2. The van der Waals surface area contributed by atoms with Gasteiger partial charge in [-0.25, -0.2) is 0 Å². The Morgan fingerprint density at radius 1 is 1.08 bits per heavy atom. The SMILES string of the molecule is O=C(NC[C@@H]1CCCc2ccccc21)[C@@H]1CCCN1C(=O)C1CC1. The summed E-state index contributed by atoms with van der Waals surface area (Å²) in [6.45, 7) is 1.44. The van der Waals surface area contributed by atoms with E-state index in [4.69, 9.17) is 0 Å². The number of amides is 2. The Labute approximate surface area is 143 Å². The van der Waals surface area contributed by atoms with Crippen molar-refractivity contribution in [1.29, 1.82) is 0 Å². The summed E-state index contributed by atoms with van der Waals surface area (Å²) in [5.41, 5.74) is 2.82. The van der Waals surface area contributed by atoms with Crippen LogP contribution in [0.1, 0.15) is 55.6 Å². The molecule has 3 aliphatic rings. The normalized spacial score (nSPS) is 26.1. The molecule has 2 aliphatic carbocycles. The van der Waals surface area contributed by atoms with Crippen LogP contribution in [0, 0.1) is 5.92 Å². The monoisotopic (exact) mass is 326 g/mol. The predicted molar refractivity (Wildman–Crippen MR) is 92.6 cm³/mol. The first-order valence-electron chi connectivity index (χ1n) is 9.40. The Kier molecular flexibility index (Phi) is 4.30. The average Bonchev–Trinajstić information content (AvgIpc) is 3.35. The van der Waals surface area contributed by atoms with Crippen LogP contribution in [0.4, 0.5) is 0 Å². The van der Waals surface area contributed by atoms with Crippen molar-refractivity contribution in [2.75, 3.05) is 13.1 Å². The largest absolute Gasteiger partial charge is 0.354 e. The highest BCUT2D eigenvalue weighted by Crippen LogP contribution is 2.34. The highest BCUT2D eigenvalue weighted by molar-refractivity contribution is 5.90. The van der Waals surface area contributed by atoms with Crippen LogP contribution < -0.4 is 5.32 Å². The summed E-state index contributed by atoms with van der Waals surface area (Å²) in [4.78, 5) is 26.8. The van der Waals surface area contributed by atoms with Crippen LogP contribution in [0.2, 0.25) is 0 Å². The van der Waals surface area contributed by atoms with Crippen LogP contribution in [0.25, 0.3) is 0 Å². The molecule has 0 radical (unpaired) electrons. The zero-order chi connectivity index (χ0) is 16.5. The van der Waals surface area contributed by atoms with Crippen LogP contribution in [0.15, 0.2) is 24.3 Å². The number of carbonyl (C=O) groups excluding carboxylic acids is 2. The molecular formula is C20H26N2O2. The second-order valence-electron chi connectivity index (χ2n) is 7.50. The van der Waals surface area contributed by atoms with Gasteiger partial charge in [-0.15, -0.1) is 0 Å². The molecule has 0 bridgehead atoms. The number of rotatable bonds is 4. The number of fused-ring (bicyclic) bond motifs is 1. The maximum absolute atomic E-state index is 12.7. The second-order valence-corrected chi connectivity index (χ2v) is 7.50. The first-order chi connectivity index (χ1) is 11.7. The summed E-state index contributed by atoms with van der Waals surface area (Å²) >= 11 is 0. The summed E-state index contributed by atoms with van der Waals surface area (Å²) in [5, 5.41) is 3.15. The number of carbonyl (C=O) groups is 2. The fraction of sp³-hybridized carbons (Fsp3) is 0.600. The van der Waals surface area contributed by atoms with Gasteiger partial charge in [-0.05, 0) is 56.1 Å². The lowest BCUT2D eigenvalue weighted by Crippen LogP contribution is -2.47. The van der Waals surface area contributed by atoms with Crippen molar-refractivity contribution >= 4 is 11.8 Å². The number of likely N-dealkylation sites (tertiary alicyclic amines) is 1. The molecule has 1 aliphatic heterocycles. The zero-order valence-corrected chi connectivity index (χ0v) is 14.2. The van der Waals surface area contributed by atoms with Gasteiger partial charge in [-0.2, -0.15) is 0 Å². The Morgan fingerprint density at radius 3 is 2.75 bits per heavy atom. The molecule has 24 heavy (non-hydrogen) atoms. The topological polar surface area (TPSA) is 49.4 Å². The van der Waals surface area contributed by atoms with Crippen LogP contribution >= 0.6 is 0 Å². The minimum absolute atomic E-state index is 0.0459. The summed E-state index contributed by atoms with van der Waals surface area (Å²) in [5.74, 6) is 0.858. The fourth-order valence-electron chi connectivity index (χ4n) is 4.28. The fourth-order valence-corrected chi connectivity index (χ4v) is 4.28. The first kappa shape index (κ1) is 15.7. The first-order valence-corrected chi connectivity index (χ1v) is 9.40. The number of benzene rings is 1. The molecule has 128 valence electrons. The molecule has 4 heteroatoms. The van der Waals surface area contributed by atoms with E-state index in [0.29, 0.717) is 12.5 Å². The van der Waals surface area contributed by atoms with Crippen LogP contribution in [0.3, 0.4) is 0 Å². The summed E-state index contributed by atoms with van der Waals surface area (Å²) < 4.78 is 0. The van der Waals surface area contributed by atoms with Crippen LogP contribution in [0.5, 0.6) is 0 Å². The van der Waals surface area contributed by atoms with Crippen LogP contribution in [-0.4, -0.2) is 35.8 Å². The van der Waals surface area contributed by atoms with E-state index in [-0.39, 0.29) is 23.8 Å². The quantitative estimate of drug-likeness (QED) is 0.925. The van der Waals surface area contributed by atoms with Crippen molar-refractivity contribution in [3.63, 3.8) is 0 Å². The van der Waals surface area contributed by atoms with Crippen molar-refractivity contribution in [1.82, 2.24) is 10.2 Å². The lowest BCUT2D eigenvalue weighted by molar-refractivity contribution is -0.139. The van der Waals surface area contributed by atoms with E-state index in [0.717, 1.165) is 45.1 Å². The Bertz CT molecular complexity index is 638. The minimum Gasteiger partial charge on any atom is -0.354 e. The molecule has 0 aromatic heterocycles. The van der Waals surface area contributed by atoms with Gasteiger partial charge < -0.3 is 10.2 Å². The van der Waals surface area contributed by atoms with Gasteiger partial charge in [0.25, 0.3) is 0 Å². The van der Waals surface area contributed by atoms with E-state index in [1.807, 2.05) is 4.90 Å². The van der Waals surface area contributed by atoms with Crippen LogP contribution in [-0.2, 0) is 16.0 Å². The molecule has 1 aromatic carbocycles. The molecular weight excluding hydrogens is 300 g/mol. The molecule has 1 saturated heterocycles. The van der Waals surface area contributed by atoms with E-state index in [9.17, 15) is 9.59 Å². The molecule has 0 spiro atoms. The van der Waals surface area contributed by atoms with Gasteiger partial charge in [0.2, 0.25) is 11.8 Å². The number of nitrogens with zero attached hydrogens (tertiary/aromatic N) is 1. The molecule has 2 fully saturated rings. The molecule has 4 rings (SSSR count). The van der Waals surface area contributed by atoms with E-state index in [2.05, 4.69) is 29.6 Å². The third-order valence-corrected chi connectivity index (χ3v) is 5.78. The molecule has 1 N–H and O–H groups in total. The smallest absolute Gasteiger partial charge is 0.242 e. The third kappa shape index (κ3) is 3.06. The third-order valence-electron chi connectivity index (χ3n) is 5.78. The van der Waals surface area contributed by atoms with Crippen molar-refractivity contribution in [3.05, 3.63) is 35.4 Å². The van der Waals surface area contributed by atoms with E-state index < -0.39 is 0 Å². The van der Waals surface area contributed by atoms with Crippen molar-refractivity contribution in [2.45, 2.75) is 56.9 Å². The van der Waals surface area contributed by atoms with Gasteiger partial charge in [-0.3, -0.25) is 9.59 Å². The van der Waals surface area contributed by atoms with E-state index in [1.165, 1.54) is 17.5 Å². The van der Waals surface area contributed by atoms with Gasteiger partial charge in [-0.1, -0.05) is 24.3 Å². The van der Waals surface area contributed by atoms with Crippen molar-refractivity contribution in [3.8, 4) is 0 Å². The molecule has 1 aromatic rings. The lowest BCUT2D eigenvalue weighted by atomic mass is 9.83. The maximum atomic E-state index is 12.7. The predicted octanol–water partition coefficient (Wildman–Crippen LogP) is 2.62. The molecule has 2 amide bonds. The van der Waals surface area contributed by atoms with Crippen molar-refractivity contribution < 1.29 is 9.59 Å². The number of hydrogen-bond donors (Lipinski definition) is 1. The zero-order valence-electron chi connectivity index (χ0n) is 14.2. The molecule has 0 unspecified atom stereocenters. The molecule has 1 saturated carbocycles. The maximum Gasteiger partial charge on any atom is 0.242 e. The van der Waals surface area contributed by atoms with Gasteiger partial charge in [0, 0.05) is 24.9 Å². The van der Waals surface area contributed by atoms with Gasteiger partial charge in [0.05, 0.1) is 0 Å². The minimum atomic E-state index is -0.239.